The van der Waals surface area contributed by atoms with Crippen molar-refractivity contribution in [2.45, 2.75) is 33.2 Å². The van der Waals surface area contributed by atoms with Gasteiger partial charge in [0.05, 0.1) is 5.69 Å². The summed E-state index contributed by atoms with van der Waals surface area (Å²) in [5.74, 6) is 1.68. The van der Waals surface area contributed by atoms with Crippen LogP contribution in [0.5, 0.6) is 11.8 Å². The fourth-order valence-corrected chi connectivity index (χ4v) is 2.03. The van der Waals surface area contributed by atoms with Crippen molar-refractivity contribution < 1.29 is 4.74 Å². The van der Waals surface area contributed by atoms with E-state index in [0.29, 0.717) is 17.7 Å². The fraction of sp³-hybridized carbons (Fsp3) is 0.467. The Balaban J connectivity index is 2.32. The van der Waals surface area contributed by atoms with Crippen molar-refractivity contribution >= 4 is 0 Å². The van der Waals surface area contributed by atoms with E-state index in [4.69, 9.17) is 4.74 Å². The summed E-state index contributed by atoms with van der Waals surface area (Å²) >= 11 is 0. The summed E-state index contributed by atoms with van der Waals surface area (Å²) in [5.41, 5.74) is 3.13. The van der Waals surface area contributed by atoms with E-state index in [-0.39, 0.29) is 0 Å². The lowest BCUT2D eigenvalue weighted by molar-refractivity contribution is 0.412. The molecular formula is C15H22N4O. The van der Waals surface area contributed by atoms with Gasteiger partial charge in [-0.25, -0.2) is 9.67 Å². The second kappa shape index (κ2) is 6.05. The molecule has 2 aromatic rings. The summed E-state index contributed by atoms with van der Waals surface area (Å²) in [6.07, 6.45) is 0. The van der Waals surface area contributed by atoms with Gasteiger partial charge in [0.1, 0.15) is 0 Å². The Morgan fingerprint density at radius 3 is 2.60 bits per heavy atom. The monoisotopic (exact) mass is 274 g/mol. The van der Waals surface area contributed by atoms with Gasteiger partial charge in [0.15, 0.2) is 0 Å². The molecule has 0 saturated carbocycles. The Morgan fingerprint density at radius 1 is 1.30 bits per heavy atom. The van der Waals surface area contributed by atoms with Crippen molar-refractivity contribution in [1.82, 2.24) is 20.1 Å². The maximum atomic E-state index is 5.87. The van der Waals surface area contributed by atoms with Crippen molar-refractivity contribution in [3.63, 3.8) is 0 Å². The Labute approximate surface area is 120 Å². The SMILES string of the molecule is CNCc1cc(Oc2cc(C)nn2C)nc(C(C)C)c1. The minimum atomic E-state index is 0.363. The van der Waals surface area contributed by atoms with Crippen LogP contribution in [0.2, 0.25) is 0 Å². The van der Waals surface area contributed by atoms with Crippen LogP contribution >= 0.6 is 0 Å². The summed E-state index contributed by atoms with van der Waals surface area (Å²) in [7, 11) is 3.80. The van der Waals surface area contributed by atoms with Crippen molar-refractivity contribution in [3.05, 3.63) is 35.2 Å². The zero-order valence-electron chi connectivity index (χ0n) is 12.8. The molecule has 0 amide bonds. The Hall–Kier alpha value is -1.88. The molecule has 108 valence electrons. The van der Waals surface area contributed by atoms with E-state index in [1.807, 2.05) is 33.2 Å². The second-order valence-electron chi connectivity index (χ2n) is 5.27. The third-order valence-electron chi connectivity index (χ3n) is 3.02. The summed E-state index contributed by atoms with van der Waals surface area (Å²) in [5, 5.41) is 7.43. The number of aromatic nitrogens is 3. The fourth-order valence-electron chi connectivity index (χ4n) is 2.03. The zero-order chi connectivity index (χ0) is 14.7. The Kier molecular flexibility index (Phi) is 4.39. The van der Waals surface area contributed by atoms with Crippen LogP contribution in [0, 0.1) is 6.92 Å². The average molecular weight is 274 g/mol. The summed E-state index contributed by atoms with van der Waals surface area (Å²) in [6.45, 7) is 6.99. The predicted molar refractivity (Wildman–Crippen MR) is 79.1 cm³/mol. The molecule has 20 heavy (non-hydrogen) atoms. The molecule has 0 aliphatic heterocycles. The maximum Gasteiger partial charge on any atom is 0.221 e. The van der Waals surface area contributed by atoms with Gasteiger partial charge in [0, 0.05) is 31.4 Å². The predicted octanol–water partition coefficient (Wildman–Crippen LogP) is 2.76. The van der Waals surface area contributed by atoms with Crippen LogP contribution < -0.4 is 10.1 Å². The molecule has 0 saturated heterocycles. The Morgan fingerprint density at radius 2 is 2.05 bits per heavy atom. The highest BCUT2D eigenvalue weighted by atomic mass is 16.5. The lowest BCUT2D eigenvalue weighted by atomic mass is 10.1. The molecule has 0 bridgehead atoms. The first-order valence-corrected chi connectivity index (χ1v) is 6.83. The molecule has 1 N–H and O–H groups in total. The van der Waals surface area contributed by atoms with Crippen molar-refractivity contribution in [2.24, 2.45) is 7.05 Å². The minimum Gasteiger partial charge on any atom is -0.421 e. The molecule has 2 aromatic heterocycles. The number of rotatable bonds is 5. The standard InChI is InChI=1S/C15H22N4O/c1-10(2)13-7-12(9-16-4)8-14(17-13)20-15-6-11(3)18-19(15)5/h6-8,10,16H,9H2,1-5H3. The quantitative estimate of drug-likeness (QED) is 0.911. The van der Waals surface area contributed by atoms with E-state index in [9.17, 15) is 0 Å². The van der Waals surface area contributed by atoms with Gasteiger partial charge in [-0.3, -0.25) is 0 Å². The first-order valence-electron chi connectivity index (χ1n) is 6.83. The molecule has 0 spiro atoms. The van der Waals surface area contributed by atoms with E-state index in [1.54, 1.807) is 4.68 Å². The highest BCUT2D eigenvalue weighted by molar-refractivity contribution is 5.29. The molecule has 0 atom stereocenters. The van der Waals surface area contributed by atoms with Gasteiger partial charge < -0.3 is 10.1 Å². The first kappa shape index (κ1) is 14.5. The lowest BCUT2D eigenvalue weighted by Crippen LogP contribution is -2.07. The molecule has 0 unspecified atom stereocenters. The molecule has 5 heteroatoms. The van der Waals surface area contributed by atoms with E-state index >= 15 is 0 Å². The molecule has 5 nitrogen and oxygen atoms in total. The van der Waals surface area contributed by atoms with Crippen LogP contribution in [0.25, 0.3) is 0 Å². The normalized spacial score (nSPS) is 11.1. The highest BCUT2D eigenvalue weighted by Gasteiger charge is 2.10. The summed E-state index contributed by atoms with van der Waals surface area (Å²) in [6, 6.07) is 5.98. The van der Waals surface area contributed by atoms with Crippen LogP contribution in [0.1, 0.15) is 36.7 Å². The van der Waals surface area contributed by atoms with Gasteiger partial charge in [-0.2, -0.15) is 5.10 Å². The topological polar surface area (TPSA) is 52.0 Å². The maximum absolute atomic E-state index is 5.87. The van der Waals surface area contributed by atoms with Gasteiger partial charge in [0.25, 0.3) is 0 Å². The largest absolute Gasteiger partial charge is 0.421 e. The molecule has 2 heterocycles. The summed E-state index contributed by atoms with van der Waals surface area (Å²) in [4.78, 5) is 4.57. The minimum absolute atomic E-state index is 0.363. The van der Waals surface area contributed by atoms with Crippen LogP contribution in [0.4, 0.5) is 0 Å². The van der Waals surface area contributed by atoms with Gasteiger partial charge >= 0.3 is 0 Å². The van der Waals surface area contributed by atoms with Crippen LogP contribution in [-0.2, 0) is 13.6 Å². The average Bonchev–Trinajstić information content (AvgIpc) is 2.68. The van der Waals surface area contributed by atoms with Crippen LogP contribution in [0.15, 0.2) is 18.2 Å². The zero-order valence-corrected chi connectivity index (χ0v) is 12.8. The molecule has 0 aliphatic carbocycles. The van der Waals surface area contributed by atoms with E-state index < -0.39 is 0 Å². The van der Waals surface area contributed by atoms with E-state index in [1.165, 1.54) is 5.56 Å². The Bertz CT molecular complexity index is 590. The number of hydrogen-bond acceptors (Lipinski definition) is 4. The number of pyridine rings is 1. The molecular weight excluding hydrogens is 252 g/mol. The molecule has 2 rings (SSSR count). The number of aryl methyl sites for hydroxylation is 2. The first-order chi connectivity index (χ1) is 9.49. The smallest absolute Gasteiger partial charge is 0.221 e. The van der Waals surface area contributed by atoms with Crippen molar-refractivity contribution in [1.29, 1.82) is 0 Å². The number of ether oxygens (including phenoxy) is 1. The van der Waals surface area contributed by atoms with E-state index in [0.717, 1.165) is 17.9 Å². The third-order valence-corrected chi connectivity index (χ3v) is 3.02. The number of nitrogens with one attached hydrogen (secondary N) is 1. The lowest BCUT2D eigenvalue weighted by Gasteiger charge is -2.11. The number of hydrogen-bond donors (Lipinski definition) is 1. The third kappa shape index (κ3) is 3.36. The second-order valence-corrected chi connectivity index (χ2v) is 5.27. The van der Waals surface area contributed by atoms with Crippen molar-refractivity contribution in [2.75, 3.05) is 7.05 Å². The van der Waals surface area contributed by atoms with Gasteiger partial charge in [-0.05, 0) is 31.5 Å². The summed E-state index contributed by atoms with van der Waals surface area (Å²) < 4.78 is 7.59. The highest BCUT2D eigenvalue weighted by Crippen LogP contribution is 2.24. The van der Waals surface area contributed by atoms with Crippen molar-refractivity contribution in [3.8, 4) is 11.8 Å². The van der Waals surface area contributed by atoms with Crippen LogP contribution in [-0.4, -0.2) is 21.8 Å². The molecule has 0 aliphatic rings. The van der Waals surface area contributed by atoms with Gasteiger partial charge in [-0.15, -0.1) is 0 Å². The molecule has 0 fully saturated rings. The molecule has 0 radical (unpaired) electrons. The van der Waals surface area contributed by atoms with E-state index in [2.05, 4.69) is 35.3 Å². The van der Waals surface area contributed by atoms with Gasteiger partial charge in [-0.1, -0.05) is 13.8 Å². The van der Waals surface area contributed by atoms with Gasteiger partial charge in [0.2, 0.25) is 11.8 Å². The molecule has 0 aromatic carbocycles. The van der Waals surface area contributed by atoms with Crippen LogP contribution in [0.3, 0.4) is 0 Å². The number of nitrogens with zero attached hydrogens (tertiary/aromatic N) is 3.